The molecule has 0 amide bonds. The third-order valence-corrected chi connectivity index (χ3v) is 3.61. The average molecular weight is 209 g/mol. The predicted molar refractivity (Wildman–Crippen MR) is 59.8 cm³/mol. The minimum absolute atomic E-state index is 0.379. The molecule has 0 spiro atoms. The molecule has 1 atom stereocenters. The van der Waals surface area contributed by atoms with Gasteiger partial charge in [-0.3, -0.25) is 0 Å². The maximum Gasteiger partial charge on any atom is 0.0914 e. The summed E-state index contributed by atoms with van der Waals surface area (Å²) in [6, 6.07) is 6.29. The smallest absolute Gasteiger partial charge is 0.0914 e. The molecular weight excluding hydrogens is 194 g/mol. The molecule has 0 radical (unpaired) electrons. The van der Waals surface area contributed by atoms with Gasteiger partial charge in [0.1, 0.15) is 0 Å². The first-order chi connectivity index (χ1) is 6.81. The fraction of sp³-hybridized carbons (Fsp3) is 0.455. The third kappa shape index (κ3) is 1.95. The van der Waals surface area contributed by atoms with Crippen LogP contribution in [0.15, 0.2) is 23.1 Å². The van der Waals surface area contributed by atoms with Crippen molar-refractivity contribution in [1.82, 2.24) is 5.32 Å². The van der Waals surface area contributed by atoms with Crippen molar-refractivity contribution in [2.75, 3.05) is 19.3 Å². The van der Waals surface area contributed by atoms with Gasteiger partial charge in [0, 0.05) is 17.2 Å². The molecule has 1 aliphatic heterocycles. The van der Waals surface area contributed by atoms with Gasteiger partial charge in [-0.25, -0.2) is 0 Å². The predicted octanol–water partition coefficient (Wildman–Crippen LogP) is 1.59. The van der Waals surface area contributed by atoms with Crippen LogP contribution in [0.1, 0.15) is 17.2 Å². The summed E-state index contributed by atoms with van der Waals surface area (Å²) in [4.78, 5) is 1.38. The Bertz CT molecular complexity index is 327. The highest BCUT2D eigenvalue weighted by atomic mass is 32.2. The van der Waals surface area contributed by atoms with E-state index in [1.807, 2.05) is 24.9 Å². The van der Waals surface area contributed by atoms with Crippen molar-refractivity contribution in [1.29, 1.82) is 0 Å². The monoisotopic (exact) mass is 209 g/mol. The van der Waals surface area contributed by atoms with Gasteiger partial charge in [0.25, 0.3) is 0 Å². The maximum absolute atomic E-state index is 9.78. The summed E-state index contributed by atoms with van der Waals surface area (Å²) < 4.78 is 0. The number of aryl methyl sites for hydroxylation is 1. The third-order valence-electron chi connectivity index (χ3n) is 2.50. The largest absolute Gasteiger partial charge is 0.387 e. The lowest BCUT2D eigenvalue weighted by Gasteiger charge is -2.11. The number of hydrogen-bond acceptors (Lipinski definition) is 3. The average Bonchev–Trinajstić information content (AvgIpc) is 2.64. The highest BCUT2D eigenvalue weighted by molar-refractivity contribution is 7.99. The minimum atomic E-state index is -0.379. The van der Waals surface area contributed by atoms with Crippen LogP contribution in [0.4, 0.5) is 0 Å². The van der Waals surface area contributed by atoms with Crippen molar-refractivity contribution in [2.45, 2.75) is 17.4 Å². The number of fused-ring (bicyclic) bond motifs is 1. The van der Waals surface area contributed by atoms with Crippen LogP contribution in [0.3, 0.4) is 0 Å². The molecule has 2 rings (SSSR count). The first-order valence-corrected chi connectivity index (χ1v) is 5.88. The standard InChI is InChI=1S/C11H15NOS/c1-12-7-10(13)8-2-3-11-9(6-8)4-5-14-11/h2-3,6,10,12-13H,4-5,7H2,1H3. The van der Waals surface area contributed by atoms with E-state index in [1.165, 1.54) is 16.2 Å². The number of benzene rings is 1. The molecule has 0 aromatic heterocycles. The molecule has 14 heavy (non-hydrogen) atoms. The normalized spacial score (nSPS) is 16.7. The Morgan fingerprint density at radius 3 is 3.21 bits per heavy atom. The van der Waals surface area contributed by atoms with E-state index >= 15 is 0 Å². The molecule has 3 heteroatoms. The van der Waals surface area contributed by atoms with E-state index in [4.69, 9.17) is 0 Å². The summed E-state index contributed by atoms with van der Waals surface area (Å²) in [5.41, 5.74) is 2.42. The second kappa shape index (κ2) is 4.34. The van der Waals surface area contributed by atoms with Crippen LogP contribution in [0.2, 0.25) is 0 Å². The molecule has 0 bridgehead atoms. The van der Waals surface area contributed by atoms with Gasteiger partial charge >= 0.3 is 0 Å². The molecular formula is C11H15NOS. The van der Waals surface area contributed by atoms with Gasteiger partial charge in [-0.05, 0) is 30.7 Å². The molecule has 0 saturated carbocycles. The van der Waals surface area contributed by atoms with Crippen LogP contribution in [0.5, 0.6) is 0 Å². The second-order valence-corrected chi connectivity index (χ2v) is 4.68. The quantitative estimate of drug-likeness (QED) is 0.793. The van der Waals surface area contributed by atoms with E-state index in [1.54, 1.807) is 0 Å². The first-order valence-electron chi connectivity index (χ1n) is 4.89. The molecule has 1 aromatic carbocycles. The van der Waals surface area contributed by atoms with E-state index < -0.39 is 0 Å². The Morgan fingerprint density at radius 2 is 2.43 bits per heavy atom. The molecule has 1 heterocycles. The summed E-state index contributed by atoms with van der Waals surface area (Å²) in [5, 5.41) is 12.8. The summed E-state index contributed by atoms with van der Waals surface area (Å²) >= 11 is 1.90. The number of hydrogen-bond donors (Lipinski definition) is 2. The SMILES string of the molecule is CNCC(O)c1ccc2c(c1)CCS2. The van der Waals surface area contributed by atoms with E-state index in [2.05, 4.69) is 17.4 Å². The molecule has 0 aliphatic carbocycles. The number of nitrogens with one attached hydrogen (secondary N) is 1. The second-order valence-electron chi connectivity index (χ2n) is 3.54. The molecule has 2 nitrogen and oxygen atoms in total. The maximum atomic E-state index is 9.78. The highest BCUT2D eigenvalue weighted by Crippen LogP contribution is 2.32. The fourth-order valence-electron chi connectivity index (χ4n) is 1.72. The van der Waals surface area contributed by atoms with Gasteiger partial charge in [-0.1, -0.05) is 12.1 Å². The Kier molecular flexibility index (Phi) is 3.11. The van der Waals surface area contributed by atoms with Gasteiger partial charge in [-0.2, -0.15) is 0 Å². The molecule has 76 valence electrons. The van der Waals surface area contributed by atoms with Crippen molar-refractivity contribution in [3.05, 3.63) is 29.3 Å². The number of aliphatic hydroxyl groups excluding tert-OH is 1. The summed E-state index contributed by atoms with van der Waals surface area (Å²) in [5.74, 6) is 1.18. The molecule has 1 unspecified atom stereocenters. The van der Waals surface area contributed by atoms with E-state index in [0.717, 1.165) is 12.0 Å². The van der Waals surface area contributed by atoms with Crippen LogP contribution in [-0.2, 0) is 6.42 Å². The van der Waals surface area contributed by atoms with Crippen LogP contribution in [0.25, 0.3) is 0 Å². The van der Waals surface area contributed by atoms with E-state index in [9.17, 15) is 5.11 Å². The van der Waals surface area contributed by atoms with Crippen molar-refractivity contribution in [3.8, 4) is 0 Å². The highest BCUT2D eigenvalue weighted by Gasteiger charge is 2.14. The van der Waals surface area contributed by atoms with E-state index in [-0.39, 0.29) is 6.10 Å². The van der Waals surface area contributed by atoms with Gasteiger partial charge in [0.15, 0.2) is 0 Å². The first kappa shape index (κ1) is 10.0. The van der Waals surface area contributed by atoms with Crippen molar-refractivity contribution >= 4 is 11.8 Å². The molecule has 0 fully saturated rings. The van der Waals surface area contributed by atoms with Gasteiger partial charge in [0.05, 0.1) is 6.10 Å². The topological polar surface area (TPSA) is 32.3 Å². The van der Waals surface area contributed by atoms with Crippen LogP contribution in [-0.4, -0.2) is 24.5 Å². The molecule has 1 aromatic rings. The van der Waals surface area contributed by atoms with Gasteiger partial charge in [0.2, 0.25) is 0 Å². The van der Waals surface area contributed by atoms with E-state index in [0.29, 0.717) is 6.54 Å². The summed E-state index contributed by atoms with van der Waals surface area (Å²) in [6.07, 6.45) is 0.760. The summed E-state index contributed by atoms with van der Waals surface area (Å²) in [6.45, 7) is 0.617. The Labute approximate surface area is 88.7 Å². The van der Waals surface area contributed by atoms with Crippen molar-refractivity contribution in [2.24, 2.45) is 0 Å². The number of thioether (sulfide) groups is 1. The Morgan fingerprint density at radius 1 is 1.57 bits per heavy atom. The minimum Gasteiger partial charge on any atom is -0.387 e. The van der Waals surface area contributed by atoms with Crippen LogP contribution < -0.4 is 5.32 Å². The fourth-order valence-corrected chi connectivity index (χ4v) is 2.78. The van der Waals surface area contributed by atoms with Crippen LogP contribution in [0, 0.1) is 0 Å². The molecule has 1 aliphatic rings. The zero-order valence-corrected chi connectivity index (χ0v) is 9.10. The molecule has 2 N–H and O–H groups in total. The van der Waals surface area contributed by atoms with Crippen LogP contribution >= 0.6 is 11.8 Å². The lowest BCUT2D eigenvalue weighted by molar-refractivity contribution is 0.177. The summed E-state index contributed by atoms with van der Waals surface area (Å²) in [7, 11) is 1.85. The number of aliphatic hydroxyl groups is 1. The van der Waals surface area contributed by atoms with Gasteiger partial charge in [-0.15, -0.1) is 11.8 Å². The number of likely N-dealkylation sites (N-methyl/N-ethyl adjacent to an activating group) is 1. The zero-order valence-electron chi connectivity index (χ0n) is 8.29. The van der Waals surface area contributed by atoms with Crippen molar-refractivity contribution < 1.29 is 5.11 Å². The Hall–Kier alpha value is -0.510. The number of rotatable bonds is 3. The lowest BCUT2D eigenvalue weighted by Crippen LogP contribution is -2.16. The Balaban J connectivity index is 2.19. The molecule has 0 saturated heterocycles. The zero-order chi connectivity index (χ0) is 9.97. The van der Waals surface area contributed by atoms with Gasteiger partial charge < -0.3 is 10.4 Å². The van der Waals surface area contributed by atoms with Crippen molar-refractivity contribution in [3.63, 3.8) is 0 Å². The lowest BCUT2D eigenvalue weighted by atomic mass is 10.0.